The lowest BCUT2D eigenvalue weighted by Gasteiger charge is -2.34. The minimum absolute atomic E-state index is 0.00570. The minimum atomic E-state index is -0.418. The van der Waals surface area contributed by atoms with Crippen molar-refractivity contribution in [3.63, 3.8) is 0 Å². The second-order valence-corrected chi connectivity index (χ2v) is 9.89. The molecule has 0 bridgehead atoms. The first-order valence-electron chi connectivity index (χ1n) is 12.5. The van der Waals surface area contributed by atoms with Crippen LogP contribution in [0.15, 0.2) is 42.7 Å². The molecule has 1 aromatic carbocycles. The third kappa shape index (κ3) is 7.42. The van der Waals surface area contributed by atoms with Crippen LogP contribution >= 0.6 is 0 Å². The number of anilines is 1. The maximum atomic E-state index is 13.3. The van der Waals surface area contributed by atoms with Gasteiger partial charge in [-0.25, -0.2) is 4.79 Å². The van der Waals surface area contributed by atoms with Crippen LogP contribution in [0.3, 0.4) is 0 Å². The van der Waals surface area contributed by atoms with Crippen molar-refractivity contribution < 1.29 is 24.2 Å². The fourth-order valence-electron chi connectivity index (χ4n) is 4.14. The number of aliphatic hydroxyl groups excluding tert-OH is 1. The molecule has 3 atom stereocenters. The highest BCUT2D eigenvalue weighted by molar-refractivity contribution is 6.04. The van der Waals surface area contributed by atoms with Crippen LogP contribution in [-0.2, 0) is 11.2 Å². The number of pyridine rings is 1. The van der Waals surface area contributed by atoms with Gasteiger partial charge in [-0.1, -0.05) is 6.92 Å². The zero-order chi connectivity index (χ0) is 27.1. The Labute approximate surface area is 218 Å². The Morgan fingerprint density at radius 2 is 1.92 bits per heavy atom. The summed E-state index contributed by atoms with van der Waals surface area (Å²) in [6, 6.07) is 7.84. The molecule has 2 aromatic rings. The number of nitrogens with one attached hydrogen (secondary N) is 2. The Balaban J connectivity index is 1.91. The van der Waals surface area contributed by atoms with Gasteiger partial charge < -0.3 is 30.3 Å². The number of fused-ring (bicyclic) bond motifs is 1. The smallest absolute Gasteiger partial charge is 0.317 e. The van der Waals surface area contributed by atoms with Crippen LogP contribution < -0.4 is 15.4 Å². The molecular weight excluding hydrogens is 474 g/mol. The molecule has 3 N–H and O–H groups in total. The molecule has 200 valence electrons. The van der Waals surface area contributed by atoms with Crippen molar-refractivity contribution in [2.24, 2.45) is 5.92 Å². The molecule has 0 spiro atoms. The van der Waals surface area contributed by atoms with E-state index in [-0.39, 0.29) is 48.9 Å². The molecule has 10 nitrogen and oxygen atoms in total. The summed E-state index contributed by atoms with van der Waals surface area (Å²) >= 11 is 0. The topological polar surface area (TPSA) is 124 Å². The van der Waals surface area contributed by atoms with Gasteiger partial charge in [-0.05, 0) is 51.1 Å². The van der Waals surface area contributed by atoms with Gasteiger partial charge in [0.1, 0.15) is 11.9 Å². The number of likely N-dealkylation sites (N-methyl/N-ethyl adjacent to an activating group) is 1. The van der Waals surface area contributed by atoms with Crippen molar-refractivity contribution in [2.45, 2.75) is 52.3 Å². The standard InChI is InChI=1S/C27H37N5O5/c1-17(2)29-27(36)31(5)15-24-18(3)14-32(19(4)16-33)25(34)13-21-12-22(6-7-23(21)37-24)30-26(35)20-8-10-28-11-9-20/h6-12,17-19,24,33H,13-16H2,1-5H3,(H,29,36)(H,30,35)/t18-,19+,24+/m1/s1. The number of carbonyl (C=O) groups is 3. The Kier molecular flexibility index (Phi) is 9.46. The highest BCUT2D eigenvalue weighted by atomic mass is 16.5. The number of hydrogen-bond acceptors (Lipinski definition) is 6. The third-order valence-electron chi connectivity index (χ3n) is 6.33. The van der Waals surface area contributed by atoms with E-state index in [9.17, 15) is 19.5 Å². The van der Waals surface area contributed by atoms with Gasteiger partial charge in [0.25, 0.3) is 5.91 Å². The Morgan fingerprint density at radius 1 is 1.22 bits per heavy atom. The molecule has 10 heteroatoms. The minimum Gasteiger partial charge on any atom is -0.488 e. The van der Waals surface area contributed by atoms with Gasteiger partial charge in [-0.15, -0.1) is 0 Å². The third-order valence-corrected chi connectivity index (χ3v) is 6.33. The van der Waals surface area contributed by atoms with Crippen LogP contribution in [0.25, 0.3) is 0 Å². The van der Waals surface area contributed by atoms with Crippen LogP contribution in [0.2, 0.25) is 0 Å². The average Bonchev–Trinajstić information content (AvgIpc) is 2.91. The van der Waals surface area contributed by atoms with Gasteiger partial charge in [0, 0.05) is 54.8 Å². The summed E-state index contributed by atoms with van der Waals surface area (Å²) in [5.41, 5.74) is 1.60. The maximum absolute atomic E-state index is 13.3. The second-order valence-electron chi connectivity index (χ2n) is 9.89. The zero-order valence-electron chi connectivity index (χ0n) is 22.1. The molecule has 0 aliphatic carbocycles. The van der Waals surface area contributed by atoms with Gasteiger partial charge in [0.2, 0.25) is 5.91 Å². The number of amides is 4. The van der Waals surface area contributed by atoms with E-state index in [0.717, 1.165) is 0 Å². The van der Waals surface area contributed by atoms with Crippen LogP contribution in [0.4, 0.5) is 10.5 Å². The highest BCUT2D eigenvalue weighted by Crippen LogP contribution is 2.29. The predicted molar refractivity (Wildman–Crippen MR) is 140 cm³/mol. The first kappa shape index (κ1) is 27.9. The number of hydrogen-bond donors (Lipinski definition) is 3. The van der Waals surface area contributed by atoms with Gasteiger partial charge in [0.15, 0.2) is 0 Å². The fraction of sp³-hybridized carbons (Fsp3) is 0.481. The molecular formula is C27H37N5O5. The molecule has 2 heterocycles. The first-order valence-corrected chi connectivity index (χ1v) is 12.5. The Morgan fingerprint density at radius 3 is 2.57 bits per heavy atom. The highest BCUT2D eigenvalue weighted by Gasteiger charge is 2.32. The van der Waals surface area contributed by atoms with E-state index in [1.165, 1.54) is 0 Å². The maximum Gasteiger partial charge on any atom is 0.317 e. The molecule has 1 aliphatic rings. The number of benzene rings is 1. The molecule has 4 amide bonds. The number of ether oxygens (including phenoxy) is 1. The molecule has 37 heavy (non-hydrogen) atoms. The van der Waals surface area contributed by atoms with Crippen molar-refractivity contribution in [1.29, 1.82) is 0 Å². The molecule has 0 fully saturated rings. The summed E-state index contributed by atoms with van der Waals surface area (Å²) in [7, 11) is 1.71. The lowest BCUT2D eigenvalue weighted by atomic mass is 10.0. The van der Waals surface area contributed by atoms with E-state index < -0.39 is 6.10 Å². The Bertz CT molecular complexity index is 1090. The zero-order valence-corrected chi connectivity index (χ0v) is 22.1. The molecule has 3 rings (SSSR count). The van der Waals surface area contributed by atoms with Gasteiger partial charge in [-0.3, -0.25) is 14.6 Å². The number of nitrogens with zero attached hydrogens (tertiary/aromatic N) is 3. The van der Waals surface area contributed by atoms with Gasteiger partial charge in [-0.2, -0.15) is 0 Å². The summed E-state index contributed by atoms with van der Waals surface area (Å²) in [5, 5.41) is 15.5. The van der Waals surface area contributed by atoms with Crippen LogP contribution in [0, 0.1) is 5.92 Å². The van der Waals surface area contributed by atoms with E-state index in [0.29, 0.717) is 35.7 Å². The monoisotopic (exact) mass is 511 g/mol. The van der Waals surface area contributed by atoms with E-state index in [1.54, 1.807) is 66.5 Å². The predicted octanol–water partition coefficient (Wildman–Crippen LogP) is 2.53. The summed E-state index contributed by atoms with van der Waals surface area (Å²) in [6.45, 7) is 8.05. The number of aliphatic hydroxyl groups is 1. The van der Waals surface area contributed by atoms with E-state index in [4.69, 9.17) is 4.74 Å². The van der Waals surface area contributed by atoms with Crippen molar-refractivity contribution in [1.82, 2.24) is 20.1 Å². The molecule has 1 aromatic heterocycles. The number of rotatable bonds is 7. The summed E-state index contributed by atoms with van der Waals surface area (Å²) in [5.74, 6) is -0.0626. The molecule has 0 radical (unpaired) electrons. The quantitative estimate of drug-likeness (QED) is 0.525. The van der Waals surface area contributed by atoms with Crippen molar-refractivity contribution >= 4 is 23.5 Å². The lowest BCUT2D eigenvalue weighted by Crippen LogP contribution is -2.49. The van der Waals surface area contributed by atoms with Crippen LogP contribution in [0.5, 0.6) is 5.75 Å². The molecule has 1 aliphatic heterocycles. The molecule has 0 saturated heterocycles. The number of aromatic nitrogens is 1. The lowest BCUT2D eigenvalue weighted by molar-refractivity contribution is -0.134. The first-order chi connectivity index (χ1) is 17.6. The Hall–Kier alpha value is -3.66. The second kappa shape index (κ2) is 12.5. The average molecular weight is 512 g/mol. The van der Waals surface area contributed by atoms with Crippen LogP contribution in [0.1, 0.15) is 43.6 Å². The largest absolute Gasteiger partial charge is 0.488 e. The van der Waals surface area contributed by atoms with E-state index >= 15 is 0 Å². The summed E-state index contributed by atoms with van der Waals surface area (Å²) in [4.78, 5) is 45.7. The van der Waals surface area contributed by atoms with E-state index in [2.05, 4.69) is 15.6 Å². The van der Waals surface area contributed by atoms with E-state index in [1.807, 2.05) is 20.8 Å². The van der Waals surface area contributed by atoms with Crippen molar-refractivity contribution in [3.05, 3.63) is 53.9 Å². The molecule has 0 saturated carbocycles. The van der Waals surface area contributed by atoms with Crippen LogP contribution in [-0.4, -0.2) is 82.7 Å². The number of carbonyl (C=O) groups excluding carboxylic acids is 3. The number of urea groups is 1. The van der Waals surface area contributed by atoms with Crippen molar-refractivity contribution in [2.75, 3.05) is 32.1 Å². The van der Waals surface area contributed by atoms with Crippen molar-refractivity contribution in [3.8, 4) is 5.75 Å². The summed E-state index contributed by atoms with van der Waals surface area (Å²) < 4.78 is 6.43. The fourth-order valence-corrected chi connectivity index (χ4v) is 4.14. The van der Waals surface area contributed by atoms with Gasteiger partial charge >= 0.3 is 6.03 Å². The summed E-state index contributed by atoms with van der Waals surface area (Å²) in [6.07, 6.45) is 2.71. The SMILES string of the molecule is CC(C)NC(=O)N(C)C[C@@H]1Oc2ccc(NC(=O)c3ccncc3)cc2CC(=O)N([C@@H](C)CO)C[C@H]1C. The normalized spacial score (nSPS) is 18.6. The molecule has 0 unspecified atom stereocenters. The van der Waals surface area contributed by atoms with Gasteiger partial charge in [0.05, 0.1) is 25.6 Å².